The summed E-state index contributed by atoms with van der Waals surface area (Å²) in [4.78, 5) is 35.2. The van der Waals surface area contributed by atoms with Crippen LogP contribution >= 0.6 is 0 Å². The molecule has 2 aromatic heterocycles. The zero-order valence-electron chi connectivity index (χ0n) is 20.6. The highest BCUT2D eigenvalue weighted by molar-refractivity contribution is 5.91. The van der Waals surface area contributed by atoms with Crippen LogP contribution in [0.2, 0.25) is 0 Å². The minimum atomic E-state index is -0.689. The second kappa shape index (κ2) is 10.3. The number of hydrogen-bond donors (Lipinski definition) is 3. The van der Waals surface area contributed by atoms with Gasteiger partial charge in [-0.05, 0) is 74.2 Å². The van der Waals surface area contributed by atoms with Gasteiger partial charge in [0.05, 0.1) is 19.2 Å². The van der Waals surface area contributed by atoms with Crippen LogP contribution in [0.1, 0.15) is 19.8 Å². The first-order valence-corrected chi connectivity index (χ1v) is 12.2. The Hall–Kier alpha value is -4.47. The van der Waals surface area contributed by atoms with Gasteiger partial charge in [0, 0.05) is 30.0 Å². The second-order valence-corrected chi connectivity index (χ2v) is 9.06. The van der Waals surface area contributed by atoms with Gasteiger partial charge in [-0.25, -0.2) is 15.1 Å². The maximum absolute atomic E-state index is 12.6. The number of methoxy groups -OCH3 is 1. The summed E-state index contributed by atoms with van der Waals surface area (Å²) in [5.74, 6) is 0.957. The molecule has 0 aliphatic heterocycles. The minimum absolute atomic E-state index is 0.186. The Morgan fingerprint density at radius 2 is 1.92 bits per heavy atom. The molecule has 0 bridgehead atoms. The molecule has 0 spiro atoms. The number of aromatic nitrogens is 4. The summed E-state index contributed by atoms with van der Waals surface area (Å²) < 4.78 is 5.24. The van der Waals surface area contributed by atoms with Crippen LogP contribution in [0.15, 0.2) is 59.5 Å². The summed E-state index contributed by atoms with van der Waals surface area (Å²) in [6.45, 7) is 3.71. The van der Waals surface area contributed by atoms with Gasteiger partial charge in [0.2, 0.25) is 0 Å². The third-order valence-electron chi connectivity index (χ3n) is 6.75. The van der Waals surface area contributed by atoms with Gasteiger partial charge in [-0.1, -0.05) is 0 Å². The molecule has 5 rings (SSSR count). The zero-order valence-corrected chi connectivity index (χ0v) is 20.6. The first-order valence-electron chi connectivity index (χ1n) is 12.2. The summed E-state index contributed by atoms with van der Waals surface area (Å²) in [6.07, 6.45) is 3.14. The highest BCUT2D eigenvalue weighted by Crippen LogP contribution is 2.41. The van der Waals surface area contributed by atoms with Gasteiger partial charge in [0.15, 0.2) is 5.82 Å². The van der Waals surface area contributed by atoms with E-state index in [1.165, 1.54) is 6.20 Å². The number of aromatic amines is 1. The molecule has 2 aromatic carbocycles. The van der Waals surface area contributed by atoms with E-state index in [1.807, 2.05) is 48.5 Å². The molecular formula is C27H28N6O4. The molecule has 0 saturated heterocycles. The summed E-state index contributed by atoms with van der Waals surface area (Å²) in [5.41, 5.74) is 2.65. The number of hydrogen-bond acceptors (Lipinski definition) is 8. The van der Waals surface area contributed by atoms with Crippen LogP contribution in [-0.4, -0.2) is 51.4 Å². The molecule has 190 valence electrons. The van der Waals surface area contributed by atoms with Crippen LogP contribution in [0, 0.1) is 11.8 Å². The first kappa shape index (κ1) is 24.2. The predicted molar refractivity (Wildman–Crippen MR) is 141 cm³/mol. The lowest BCUT2D eigenvalue weighted by molar-refractivity contribution is -0.138. The van der Waals surface area contributed by atoms with Crippen molar-refractivity contribution in [3.8, 4) is 17.1 Å². The lowest BCUT2D eigenvalue weighted by Crippen LogP contribution is -2.24. The Morgan fingerprint density at radius 1 is 1.16 bits per heavy atom. The Labute approximate surface area is 213 Å². The Bertz CT molecular complexity index is 1470. The van der Waals surface area contributed by atoms with E-state index in [9.17, 15) is 9.59 Å². The molecule has 1 aliphatic carbocycles. The number of ether oxygens (including phenoxy) is 1. The standard InChI is InChI=1S/C27H28N6O4/c1-3-33(13-12-17-14-21(17)27(35)36)19-8-6-18(7-9-19)29-25-23-22(15-28-32-26(23)34)30-24(31-25)16-4-10-20(37-2)11-5-16/h4-11,15,17,21H,3,12-14H2,1-2H3,(H,32,34)(H,35,36)(H,29,30,31). The number of nitrogens with one attached hydrogen (secondary N) is 2. The molecule has 10 heteroatoms. The normalized spacial score (nSPS) is 16.4. The molecule has 2 heterocycles. The van der Waals surface area contributed by atoms with Crippen molar-refractivity contribution in [1.82, 2.24) is 20.2 Å². The van der Waals surface area contributed by atoms with E-state index < -0.39 is 5.97 Å². The molecule has 1 aliphatic rings. The Morgan fingerprint density at radius 3 is 2.57 bits per heavy atom. The quantitative estimate of drug-likeness (QED) is 0.295. The van der Waals surface area contributed by atoms with Crippen molar-refractivity contribution in [3.63, 3.8) is 0 Å². The van der Waals surface area contributed by atoms with E-state index in [4.69, 9.17) is 9.84 Å². The number of carboxylic acid groups (broad SMARTS) is 1. The van der Waals surface area contributed by atoms with E-state index in [2.05, 4.69) is 37.3 Å². The summed E-state index contributed by atoms with van der Waals surface area (Å²) in [6, 6.07) is 15.3. The van der Waals surface area contributed by atoms with Crippen molar-refractivity contribution in [2.75, 3.05) is 30.4 Å². The van der Waals surface area contributed by atoms with E-state index in [1.54, 1.807) is 7.11 Å². The molecule has 2 atom stereocenters. The molecule has 37 heavy (non-hydrogen) atoms. The lowest BCUT2D eigenvalue weighted by Gasteiger charge is -2.23. The number of aliphatic carboxylic acids is 1. The van der Waals surface area contributed by atoms with Gasteiger partial charge >= 0.3 is 5.97 Å². The number of nitrogens with zero attached hydrogens (tertiary/aromatic N) is 4. The van der Waals surface area contributed by atoms with E-state index in [-0.39, 0.29) is 17.4 Å². The largest absolute Gasteiger partial charge is 0.497 e. The molecule has 3 N–H and O–H groups in total. The fraction of sp³-hybridized carbons (Fsp3) is 0.296. The van der Waals surface area contributed by atoms with Crippen LogP contribution in [0.4, 0.5) is 17.2 Å². The smallest absolute Gasteiger partial charge is 0.306 e. The van der Waals surface area contributed by atoms with Crippen LogP contribution in [-0.2, 0) is 4.79 Å². The Balaban J connectivity index is 1.38. The molecular weight excluding hydrogens is 472 g/mol. The van der Waals surface area contributed by atoms with Crippen LogP contribution in [0.5, 0.6) is 5.75 Å². The molecule has 1 saturated carbocycles. The Kier molecular flexibility index (Phi) is 6.72. The first-order chi connectivity index (χ1) is 18.0. The molecule has 4 aromatic rings. The topological polar surface area (TPSA) is 133 Å². The molecule has 0 radical (unpaired) electrons. The molecule has 0 amide bonds. The fourth-order valence-electron chi connectivity index (χ4n) is 4.52. The van der Waals surface area contributed by atoms with Crippen molar-refractivity contribution in [2.45, 2.75) is 19.8 Å². The monoisotopic (exact) mass is 500 g/mol. The van der Waals surface area contributed by atoms with Gasteiger partial charge < -0.3 is 20.1 Å². The van der Waals surface area contributed by atoms with Crippen LogP contribution in [0.3, 0.4) is 0 Å². The second-order valence-electron chi connectivity index (χ2n) is 9.06. The van der Waals surface area contributed by atoms with Crippen molar-refractivity contribution >= 4 is 34.1 Å². The van der Waals surface area contributed by atoms with E-state index in [0.717, 1.165) is 48.6 Å². The minimum Gasteiger partial charge on any atom is -0.497 e. The number of carboxylic acids is 1. The van der Waals surface area contributed by atoms with Gasteiger partial charge in [-0.2, -0.15) is 5.10 Å². The maximum Gasteiger partial charge on any atom is 0.306 e. The third kappa shape index (κ3) is 5.23. The lowest BCUT2D eigenvalue weighted by atomic mass is 10.2. The fourth-order valence-corrected chi connectivity index (χ4v) is 4.52. The van der Waals surface area contributed by atoms with Gasteiger partial charge in [0.1, 0.15) is 22.5 Å². The van der Waals surface area contributed by atoms with Crippen molar-refractivity contribution < 1.29 is 14.6 Å². The summed E-state index contributed by atoms with van der Waals surface area (Å²) in [7, 11) is 1.61. The number of carbonyl (C=O) groups is 1. The maximum atomic E-state index is 12.6. The number of rotatable bonds is 10. The number of anilines is 3. The number of fused-ring (bicyclic) bond motifs is 1. The number of H-pyrrole nitrogens is 1. The molecule has 10 nitrogen and oxygen atoms in total. The van der Waals surface area contributed by atoms with E-state index >= 15 is 0 Å². The average molecular weight is 501 g/mol. The van der Waals surface area contributed by atoms with Crippen molar-refractivity contribution in [3.05, 3.63) is 65.1 Å². The molecule has 2 unspecified atom stereocenters. The zero-order chi connectivity index (χ0) is 25.9. The SMILES string of the molecule is CCN(CCC1CC1C(=O)O)c1ccc(Nc2nc(-c3ccc(OC)cc3)nc3cn[nH]c(=O)c23)cc1. The van der Waals surface area contributed by atoms with Crippen molar-refractivity contribution in [1.29, 1.82) is 0 Å². The van der Waals surface area contributed by atoms with Crippen LogP contribution in [0.25, 0.3) is 22.3 Å². The van der Waals surface area contributed by atoms with Crippen LogP contribution < -0.4 is 20.5 Å². The summed E-state index contributed by atoms with van der Waals surface area (Å²) >= 11 is 0. The van der Waals surface area contributed by atoms with Gasteiger partial charge in [0.25, 0.3) is 5.56 Å². The third-order valence-corrected chi connectivity index (χ3v) is 6.75. The van der Waals surface area contributed by atoms with Crippen molar-refractivity contribution in [2.24, 2.45) is 11.8 Å². The highest BCUT2D eigenvalue weighted by Gasteiger charge is 2.42. The average Bonchev–Trinajstić information content (AvgIpc) is 3.70. The predicted octanol–water partition coefficient (Wildman–Crippen LogP) is 4.07. The van der Waals surface area contributed by atoms with Gasteiger partial charge in [-0.3, -0.25) is 9.59 Å². The molecule has 1 fully saturated rings. The van der Waals surface area contributed by atoms with E-state index in [0.29, 0.717) is 22.5 Å². The highest BCUT2D eigenvalue weighted by atomic mass is 16.5. The summed E-state index contributed by atoms with van der Waals surface area (Å²) in [5, 5.41) is 19.1. The van der Waals surface area contributed by atoms with Gasteiger partial charge in [-0.15, -0.1) is 0 Å². The number of benzene rings is 2.